The van der Waals surface area contributed by atoms with Crippen molar-refractivity contribution in [2.24, 2.45) is 5.10 Å². The maximum absolute atomic E-state index is 12.8. The van der Waals surface area contributed by atoms with Crippen LogP contribution in [0.25, 0.3) is 0 Å². The van der Waals surface area contributed by atoms with Gasteiger partial charge in [0, 0.05) is 0 Å². The molecule has 0 radical (unpaired) electrons. The van der Waals surface area contributed by atoms with E-state index in [2.05, 4.69) is 9.93 Å². The molecular weight excluding hydrogens is 400 g/mol. The molecule has 1 N–H and O–H groups in total. The lowest BCUT2D eigenvalue weighted by Gasteiger charge is -2.20. The molecule has 0 amide bonds. The van der Waals surface area contributed by atoms with E-state index in [1.807, 2.05) is 53.7 Å². The number of rotatable bonds is 8. The summed E-state index contributed by atoms with van der Waals surface area (Å²) in [7, 11) is -3.79. The van der Waals surface area contributed by atoms with Crippen LogP contribution < -0.4 is 14.3 Å². The summed E-state index contributed by atoms with van der Waals surface area (Å²) in [6, 6.07) is 10.8. The Labute approximate surface area is 180 Å². The largest absolute Gasteiger partial charge is 0.490 e. The van der Waals surface area contributed by atoms with Crippen molar-refractivity contribution in [1.82, 2.24) is 4.83 Å². The van der Waals surface area contributed by atoms with E-state index in [9.17, 15) is 8.42 Å². The predicted octanol–water partition coefficient (Wildman–Crippen LogP) is 4.79. The zero-order valence-corrected chi connectivity index (χ0v) is 19.6. The van der Waals surface area contributed by atoms with Gasteiger partial charge in [-0.3, -0.25) is 0 Å². The minimum Gasteiger partial charge on any atom is -0.490 e. The van der Waals surface area contributed by atoms with Crippen LogP contribution in [0.15, 0.2) is 46.4 Å². The lowest BCUT2D eigenvalue weighted by atomic mass is 9.87. The molecule has 0 spiro atoms. The number of nitrogens with one attached hydrogen (secondary N) is 1. The van der Waals surface area contributed by atoms with Gasteiger partial charge in [0.1, 0.15) is 0 Å². The van der Waals surface area contributed by atoms with Gasteiger partial charge in [0.25, 0.3) is 10.0 Å². The van der Waals surface area contributed by atoms with Crippen molar-refractivity contribution in [2.45, 2.75) is 64.9 Å². The molecule has 0 aliphatic heterocycles. The molecule has 0 saturated carbocycles. The summed E-state index contributed by atoms with van der Waals surface area (Å²) >= 11 is 0. The van der Waals surface area contributed by atoms with Crippen LogP contribution in [-0.2, 0) is 15.4 Å². The fourth-order valence-electron chi connectivity index (χ4n) is 2.80. The highest BCUT2D eigenvalue weighted by Crippen LogP contribution is 2.29. The van der Waals surface area contributed by atoms with E-state index in [4.69, 9.17) is 9.47 Å². The second kappa shape index (κ2) is 9.51. The molecule has 0 heterocycles. The van der Waals surface area contributed by atoms with Crippen LogP contribution in [0.5, 0.6) is 11.5 Å². The van der Waals surface area contributed by atoms with Gasteiger partial charge in [0.15, 0.2) is 11.5 Å². The van der Waals surface area contributed by atoms with Crippen LogP contribution in [0, 0.1) is 6.92 Å². The molecule has 0 bridgehead atoms. The highest BCUT2D eigenvalue weighted by molar-refractivity contribution is 7.89. The Hall–Kier alpha value is -2.54. The number of aryl methyl sites for hydroxylation is 1. The standard InChI is InChI=1S/C23H32N2O4S/c1-8-28-21-13-18(10-12-20(21)29-16(2)3)15-24-25-30(26,27)22-14-19(23(5,6)7)11-9-17(22)4/h9-16,25H,8H2,1-7H3/b24-15+. The molecule has 2 aromatic rings. The van der Waals surface area contributed by atoms with Crippen LogP contribution in [-0.4, -0.2) is 27.3 Å². The molecule has 0 fully saturated rings. The molecule has 7 heteroatoms. The van der Waals surface area contributed by atoms with Gasteiger partial charge in [-0.1, -0.05) is 32.9 Å². The molecule has 0 saturated heterocycles. The zero-order valence-electron chi connectivity index (χ0n) is 18.8. The fourth-order valence-corrected chi connectivity index (χ4v) is 3.86. The molecule has 30 heavy (non-hydrogen) atoms. The van der Waals surface area contributed by atoms with E-state index in [1.54, 1.807) is 31.2 Å². The number of hydrogen-bond acceptors (Lipinski definition) is 5. The van der Waals surface area contributed by atoms with Crippen molar-refractivity contribution in [2.75, 3.05) is 6.61 Å². The Kier molecular flexibility index (Phi) is 7.53. The SMILES string of the molecule is CCOc1cc(/C=N/NS(=O)(=O)c2cc(C(C)(C)C)ccc2C)ccc1OC(C)C. The average Bonchev–Trinajstić information content (AvgIpc) is 2.62. The Morgan fingerprint density at radius 1 is 1.10 bits per heavy atom. The summed E-state index contributed by atoms with van der Waals surface area (Å²) in [5, 5.41) is 3.96. The summed E-state index contributed by atoms with van der Waals surface area (Å²) in [4.78, 5) is 2.54. The van der Waals surface area contributed by atoms with Crippen LogP contribution >= 0.6 is 0 Å². The van der Waals surface area contributed by atoms with Gasteiger partial charge in [-0.2, -0.15) is 13.5 Å². The number of benzene rings is 2. The van der Waals surface area contributed by atoms with Gasteiger partial charge in [0.05, 0.1) is 23.8 Å². The molecular formula is C23H32N2O4S. The van der Waals surface area contributed by atoms with Gasteiger partial charge in [0.2, 0.25) is 0 Å². The van der Waals surface area contributed by atoms with E-state index in [0.29, 0.717) is 29.2 Å². The maximum atomic E-state index is 12.8. The average molecular weight is 433 g/mol. The van der Waals surface area contributed by atoms with Crippen molar-refractivity contribution < 1.29 is 17.9 Å². The summed E-state index contributed by atoms with van der Waals surface area (Å²) in [6.07, 6.45) is 1.46. The molecule has 0 aliphatic rings. The van der Waals surface area contributed by atoms with E-state index in [1.165, 1.54) is 6.21 Å². The molecule has 0 aliphatic carbocycles. The van der Waals surface area contributed by atoms with Gasteiger partial charge in [-0.15, -0.1) is 0 Å². The Morgan fingerprint density at radius 3 is 2.40 bits per heavy atom. The van der Waals surface area contributed by atoms with E-state index in [-0.39, 0.29) is 16.4 Å². The van der Waals surface area contributed by atoms with Gasteiger partial charge in [-0.05, 0) is 74.1 Å². The Balaban J connectivity index is 2.25. The van der Waals surface area contributed by atoms with E-state index in [0.717, 1.165) is 5.56 Å². The molecule has 2 rings (SSSR count). The first-order valence-electron chi connectivity index (χ1n) is 10.0. The smallest absolute Gasteiger partial charge is 0.276 e. The summed E-state index contributed by atoms with van der Waals surface area (Å²) < 4.78 is 37.0. The van der Waals surface area contributed by atoms with Gasteiger partial charge >= 0.3 is 0 Å². The number of hydrogen-bond donors (Lipinski definition) is 1. The number of sulfonamides is 1. The minimum absolute atomic E-state index is 0.0163. The summed E-state index contributed by atoms with van der Waals surface area (Å²) in [5.41, 5.74) is 2.15. The molecule has 164 valence electrons. The third-order valence-electron chi connectivity index (χ3n) is 4.36. The lowest BCUT2D eigenvalue weighted by Crippen LogP contribution is -2.21. The van der Waals surface area contributed by atoms with Crippen molar-refractivity contribution in [3.63, 3.8) is 0 Å². The van der Waals surface area contributed by atoms with Crippen molar-refractivity contribution >= 4 is 16.2 Å². The van der Waals surface area contributed by atoms with Crippen LogP contribution in [0.1, 0.15) is 58.2 Å². The number of hydrazone groups is 1. The molecule has 6 nitrogen and oxygen atoms in total. The third kappa shape index (κ3) is 6.23. The van der Waals surface area contributed by atoms with Crippen LogP contribution in [0.4, 0.5) is 0 Å². The zero-order chi connectivity index (χ0) is 22.5. The van der Waals surface area contributed by atoms with Crippen molar-refractivity contribution in [1.29, 1.82) is 0 Å². The fraction of sp³-hybridized carbons (Fsp3) is 0.435. The second-order valence-electron chi connectivity index (χ2n) is 8.39. The second-order valence-corrected chi connectivity index (χ2v) is 10.0. The quantitative estimate of drug-likeness (QED) is 0.481. The maximum Gasteiger partial charge on any atom is 0.276 e. The van der Waals surface area contributed by atoms with Crippen LogP contribution in [0.2, 0.25) is 0 Å². The monoisotopic (exact) mass is 432 g/mol. The highest BCUT2D eigenvalue weighted by Gasteiger charge is 2.21. The normalized spacial score (nSPS) is 12.4. The third-order valence-corrected chi connectivity index (χ3v) is 5.73. The van der Waals surface area contributed by atoms with Crippen molar-refractivity contribution in [3.05, 3.63) is 53.1 Å². The van der Waals surface area contributed by atoms with Crippen LogP contribution in [0.3, 0.4) is 0 Å². The van der Waals surface area contributed by atoms with Gasteiger partial charge < -0.3 is 9.47 Å². The predicted molar refractivity (Wildman–Crippen MR) is 121 cm³/mol. The van der Waals surface area contributed by atoms with E-state index < -0.39 is 10.0 Å². The molecule has 0 aromatic heterocycles. The molecule has 0 atom stereocenters. The van der Waals surface area contributed by atoms with E-state index >= 15 is 0 Å². The lowest BCUT2D eigenvalue weighted by molar-refractivity contribution is 0.224. The minimum atomic E-state index is -3.79. The Bertz CT molecular complexity index is 1010. The topological polar surface area (TPSA) is 77.0 Å². The first-order valence-corrected chi connectivity index (χ1v) is 11.5. The number of ether oxygens (including phenoxy) is 2. The number of nitrogens with zero attached hydrogens (tertiary/aromatic N) is 1. The first-order chi connectivity index (χ1) is 13.9. The molecule has 2 aromatic carbocycles. The summed E-state index contributed by atoms with van der Waals surface area (Å²) in [6.45, 7) is 14.2. The highest BCUT2D eigenvalue weighted by atomic mass is 32.2. The summed E-state index contributed by atoms with van der Waals surface area (Å²) in [5.74, 6) is 1.23. The van der Waals surface area contributed by atoms with Gasteiger partial charge in [-0.25, -0.2) is 4.83 Å². The molecule has 0 unspecified atom stereocenters. The Morgan fingerprint density at radius 2 is 1.80 bits per heavy atom. The van der Waals surface area contributed by atoms with Crippen molar-refractivity contribution in [3.8, 4) is 11.5 Å². The first kappa shape index (κ1) is 23.7.